The van der Waals surface area contributed by atoms with Gasteiger partial charge in [-0.25, -0.2) is 0 Å². The largest absolute Gasteiger partial charge is 0.497 e. The van der Waals surface area contributed by atoms with Gasteiger partial charge in [-0.1, -0.05) is 36.4 Å². The number of aromatic nitrogens is 2. The van der Waals surface area contributed by atoms with Gasteiger partial charge in [0.15, 0.2) is 0 Å². The van der Waals surface area contributed by atoms with Crippen LogP contribution >= 0.6 is 0 Å². The van der Waals surface area contributed by atoms with Gasteiger partial charge in [0.05, 0.1) is 19.3 Å². The maximum absolute atomic E-state index is 8.05. The molecule has 0 amide bonds. The normalized spacial score (nSPS) is 13.4. The average molecular weight is 505 g/mol. The van der Waals surface area contributed by atoms with Gasteiger partial charge in [0.1, 0.15) is 24.0 Å². The van der Waals surface area contributed by atoms with E-state index >= 15 is 0 Å². The summed E-state index contributed by atoms with van der Waals surface area (Å²) in [6, 6.07) is 16.7. The van der Waals surface area contributed by atoms with Gasteiger partial charge < -0.3 is 30.3 Å². The van der Waals surface area contributed by atoms with Crippen molar-refractivity contribution in [2.24, 2.45) is 0 Å². The van der Waals surface area contributed by atoms with E-state index in [1.165, 1.54) is 37.7 Å². The highest BCUT2D eigenvalue weighted by atomic mass is 16.5. The highest BCUT2D eigenvalue weighted by Crippen LogP contribution is 2.24. The van der Waals surface area contributed by atoms with Crippen molar-refractivity contribution in [3.63, 3.8) is 0 Å². The average Bonchev–Trinajstić information content (AvgIpc) is 3.45. The maximum atomic E-state index is 8.05. The number of rotatable bonds is 14. The molecule has 0 spiro atoms. The Morgan fingerprint density at radius 2 is 1.41 bits per heavy atom. The Morgan fingerprint density at radius 3 is 1.95 bits per heavy atom. The zero-order valence-corrected chi connectivity index (χ0v) is 21.6. The fourth-order valence-electron chi connectivity index (χ4n) is 4.21. The third-order valence-electron chi connectivity index (χ3n) is 6.29. The molecule has 37 heavy (non-hydrogen) atoms. The molecule has 4 rings (SSSR count). The van der Waals surface area contributed by atoms with E-state index in [0.29, 0.717) is 43.5 Å². The van der Waals surface area contributed by atoms with Crippen LogP contribution in [0.3, 0.4) is 0 Å². The van der Waals surface area contributed by atoms with Crippen LogP contribution in [0.25, 0.3) is 0 Å². The van der Waals surface area contributed by atoms with E-state index in [1.54, 1.807) is 14.2 Å². The van der Waals surface area contributed by atoms with Gasteiger partial charge >= 0.3 is 6.01 Å². The van der Waals surface area contributed by atoms with Crippen molar-refractivity contribution in [1.29, 1.82) is 5.41 Å². The zero-order chi connectivity index (χ0) is 25.9. The summed E-state index contributed by atoms with van der Waals surface area (Å²) in [6.45, 7) is 5.23. The van der Waals surface area contributed by atoms with Crippen molar-refractivity contribution in [2.75, 3.05) is 51.2 Å². The second-order valence-corrected chi connectivity index (χ2v) is 8.96. The summed E-state index contributed by atoms with van der Waals surface area (Å²) in [5, 5.41) is 14.8. The minimum atomic E-state index is 0.225. The molecular formula is C28H36N6O3. The van der Waals surface area contributed by atoms with Crippen molar-refractivity contribution in [2.45, 2.75) is 32.5 Å². The molecule has 1 aliphatic rings. The Bertz CT molecular complexity index is 1130. The summed E-state index contributed by atoms with van der Waals surface area (Å²) in [5.41, 5.74) is 4.08. The number of nitrogens with one attached hydrogen (secondary N) is 3. The van der Waals surface area contributed by atoms with E-state index < -0.39 is 0 Å². The molecule has 3 aromatic rings. The smallest absolute Gasteiger partial charge is 0.320 e. The number of methoxy groups -OCH3 is 2. The Hall–Kier alpha value is -3.69. The number of likely N-dealkylation sites (tertiary alicyclic amines) is 1. The van der Waals surface area contributed by atoms with Gasteiger partial charge in [0.2, 0.25) is 0 Å². The highest BCUT2D eigenvalue weighted by molar-refractivity contribution is 5.90. The van der Waals surface area contributed by atoms with Gasteiger partial charge in [0, 0.05) is 33.0 Å². The first-order valence-electron chi connectivity index (χ1n) is 12.6. The first kappa shape index (κ1) is 26.4. The topological polar surface area (TPSA) is 105 Å². The van der Waals surface area contributed by atoms with E-state index in [0.717, 1.165) is 23.4 Å². The zero-order valence-electron chi connectivity index (χ0n) is 21.6. The molecule has 0 saturated carbocycles. The van der Waals surface area contributed by atoms with Gasteiger partial charge in [-0.3, -0.25) is 4.90 Å². The monoisotopic (exact) mass is 504 g/mol. The van der Waals surface area contributed by atoms with Crippen molar-refractivity contribution in [1.82, 2.24) is 14.9 Å². The minimum absolute atomic E-state index is 0.225. The second kappa shape index (κ2) is 13.6. The van der Waals surface area contributed by atoms with Gasteiger partial charge in [-0.05, 0) is 54.8 Å². The predicted octanol–water partition coefficient (Wildman–Crippen LogP) is 4.33. The van der Waals surface area contributed by atoms with E-state index in [4.69, 9.17) is 19.6 Å². The Kier molecular flexibility index (Phi) is 9.67. The predicted molar refractivity (Wildman–Crippen MR) is 146 cm³/mol. The molecule has 0 bridgehead atoms. The number of anilines is 2. The molecule has 0 aliphatic carbocycles. The molecule has 0 unspecified atom stereocenters. The van der Waals surface area contributed by atoms with Crippen LogP contribution in [-0.4, -0.2) is 61.6 Å². The first-order chi connectivity index (χ1) is 18.2. The fourth-order valence-corrected chi connectivity index (χ4v) is 4.21. The van der Waals surface area contributed by atoms with Crippen LogP contribution < -0.4 is 20.1 Å². The number of hydrogen-bond acceptors (Lipinski definition) is 9. The molecule has 1 saturated heterocycles. The van der Waals surface area contributed by atoms with Crippen LogP contribution in [0.2, 0.25) is 0 Å². The lowest BCUT2D eigenvalue weighted by atomic mass is 10.1. The molecule has 1 fully saturated rings. The number of nitrogens with zero attached hydrogens (tertiary/aromatic N) is 3. The second-order valence-electron chi connectivity index (χ2n) is 8.96. The summed E-state index contributed by atoms with van der Waals surface area (Å²) >= 11 is 0. The molecule has 3 N–H and O–H groups in total. The summed E-state index contributed by atoms with van der Waals surface area (Å²) in [7, 11) is 3.26. The lowest BCUT2D eigenvalue weighted by molar-refractivity contribution is 0.141. The maximum Gasteiger partial charge on any atom is 0.320 e. The van der Waals surface area contributed by atoms with Gasteiger partial charge in [-0.15, -0.1) is 0 Å². The molecule has 196 valence electrons. The first-order valence-corrected chi connectivity index (χ1v) is 12.6. The summed E-state index contributed by atoms with van der Waals surface area (Å²) in [5.74, 6) is 1.86. The highest BCUT2D eigenvalue weighted by Gasteiger charge is 2.15. The molecule has 9 nitrogen and oxygen atoms in total. The van der Waals surface area contributed by atoms with Gasteiger partial charge in [0.25, 0.3) is 0 Å². The van der Waals surface area contributed by atoms with Crippen LogP contribution in [0, 0.1) is 5.41 Å². The van der Waals surface area contributed by atoms with Crippen molar-refractivity contribution in [3.05, 3.63) is 70.8 Å². The Balaban J connectivity index is 1.46. The molecule has 9 heteroatoms. The van der Waals surface area contributed by atoms with Crippen LogP contribution in [0.4, 0.5) is 11.6 Å². The van der Waals surface area contributed by atoms with Crippen molar-refractivity contribution < 1.29 is 14.2 Å². The van der Waals surface area contributed by atoms with Crippen LogP contribution in [0.1, 0.15) is 35.1 Å². The molecule has 1 aliphatic heterocycles. The van der Waals surface area contributed by atoms with Crippen molar-refractivity contribution in [3.8, 4) is 11.8 Å². The number of ether oxygens (including phenoxy) is 3. The lowest BCUT2D eigenvalue weighted by Gasteiger charge is -2.16. The Morgan fingerprint density at radius 1 is 0.838 bits per heavy atom. The van der Waals surface area contributed by atoms with E-state index in [9.17, 15) is 0 Å². The van der Waals surface area contributed by atoms with E-state index in [2.05, 4.69) is 49.8 Å². The Labute approximate surface area is 218 Å². The summed E-state index contributed by atoms with van der Waals surface area (Å²) < 4.78 is 16.0. The molecular weight excluding hydrogens is 468 g/mol. The standard InChI is InChI=1S/C28H36N6O3/c1-35-15-16-37-28-32-26(30-18-21-5-7-23(8-6-21)20-34-13-3-4-14-34)25(17-29)27(33-28)31-19-22-9-11-24(36-2)12-10-22/h5-12,17,29H,3-4,13-16,18-20H2,1-2H3,(H2,30,31,32,33). The minimum Gasteiger partial charge on any atom is -0.497 e. The summed E-state index contributed by atoms with van der Waals surface area (Å²) in [6.07, 6.45) is 3.85. The molecule has 1 aromatic heterocycles. The summed E-state index contributed by atoms with van der Waals surface area (Å²) in [4.78, 5) is 11.6. The number of benzene rings is 2. The van der Waals surface area contributed by atoms with Crippen LogP contribution in [0.15, 0.2) is 48.5 Å². The third-order valence-corrected chi connectivity index (χ3v) is 6.29. The van der Waals surface area contributed by atoms with Crippen LogP contribution in [0.5, 0.6) is 11.8 Å². The van der Waals surface area contributed by atoms with E-state index in [1.807, 2.05) is 24.3 Å². The molecule has 0 atom stereocenters. The number of hydrogen-bond donors (Lipinski definition) is 3. The van der Waals surface area contributed by atoms with Gasteiger partial charge in [-0.2, -0.15) is 9.97 Å². The lowest BCUT2D eigenvalue weighted by Crippen LogP contribution is -2.18. The molecule has 2 heterocycles. The van der Waals surface area contributed by atoms with Crippen molar-refractivity contribution >= 4 is 17.9 Å². The SMILES string of the molecule is COCCOc1nc(NCc2ccc(CN3CCCC3)cc2)c(C=N)c(NCc2ccc(OC)cc2)n1. The van der Waals surface area contributed by atoms with Crippen LogP contribution in [-0.2, 0) is 24.4 Å². The molecule has 2 aromatic carbocycles. The third kappa shape index (κ3) is 7.65. The van der Waals surface area contributed by atoms with E-state index in [-0.39, 0.29) is 6.01 Å². The molecule has 0 radical (unpaired) electrons. The quantitative estimate of drug-likeness (QED) is 0.220. The fraction of sp³-hybridized carbons (Fsp3) is 0.393.